The van der Waals surface area contributed by atoms with E-state index in [1.807, 2.05) is 12.1 Å². The zero-order chi connectivity index (χ0) is 14.5. The lowest BCUT2D eigenvalue weighted by Crippen LogP contribution is -2.24. The molecule has 1 aromatic carbocycles. The Kier molecular flexibility index (Phi) is 3.13. The number of fused-ring (bicyclic) bond motifs is 1. The monoisotopic (exact) mass is 274 g/mol. The van der Waals surface area contributed by atoms with Gasteiger partial charge in [0, 0.05) is 11.0 Å². The molecule has 2 aliphatic rings. The van der Waals surface area contributed by atoms with E-state index in [-0.39, 0.29) is 16.9 Å². The third kappa shape index (κ3) is 2.14. The Morgan fingerprint density at radius 1 is 1.25 bits per heavy atom. The summed E-state index contributed by atoms with van der Waals surface area (Å²) >= 11 is 0. The molecule has 2 unspecified atom stereocenters. The highest BCUT2D eigenvalue weighted by molar-refractivity contribution is 5.45. The summed E-state index contributed by atoms with van der Waals surface area (Å²) in [7, 11) is 0. The van der Waals surface area contributed by atoms with Crippen LogP contribution in [0.4, 0.5) is 0 Å². The summed E-state index contributed by atoms with van der Waals surface area (Å²) in [6.07, 6.45) is 3.22. The average molecular weight is 274 g/mol. The number of ether oxygens (including phenoxy) is 1. The normalized spacial score (nSPS) is 27.9. The van der Waals surface area contributed by atoms with Gasteiger partial charge in [0.25, 0.3) is 0 Å². The van der Waals surface area contributed by atoms with Crippen LogP contribution in [0.2, 0.25) is 0 Å². The number of aliphatic hydroxyl groups excluding tert-OH is 1. The lowest BCUT2D eigenvalue weighted by atomic mass is 9.76. The van der Waals surface area contributed by atoms with E-state index in [0.717, 1.165) is 24.3 Å². The van der Waals surface area contributed by atoms with E-state index >= 15 is 0 Å². The van der Waals surface area contributed by atoms with Gasteiger partial charge in [-0.15, -0.1) is 0 Å². The van der Waals surface area contributed by atoms with Gasteiger partial charge in [-0.25, -0.2) is 0 Å². The maximum absolute atomic E-state index is 10.8. The third-order valence-electron chi connectivity index (χ3n) is 5.38. The fourth-order valence-corrected chi connectivity index (χ4v) is 3.89. The van der Waals surface area contributed by atoms with Crippen molar-refractivity contribution >= 4 is 0 Å². The van der Waals surface area contributed by atoms with Crippen molar-refractivity contribution in [1.82, 2.24) is 0 Å². The molecule has 2 nitrogen and oxygen atoms in total. The van der Waals surface area contributed by atoms with Crippen LogP contribution in [0, 0.1) is 11.3 Å². The first-order valence-corrected chi connectivity index (χ1v) is 7.77. The Morgan fingerprint density at radius 2 is 2.00 bits per heavy atom. The predicted octanol–water partition coefficient (Wildman–Crippen LogP) is 4.22. The molecule has 20 heavy (non-hydrogen) atoms. The Hall–Kier alpha value is -1.02. The van der Waals surface area contributed by atoms with Crippen molar-refractivity contribution in [3.8, 4) is 5.75 Å². The smallest absolute Gasteiger partial charge is 0.123 e. The van der Waals surface area contributed by atoms with Gasteiger partial charge in [0.05, 0.1) is 12.7 Å². The molecular formula is C18H26O2. The molecule has 1 aliphatic heterocycles. The largest absolute Gasteiger partial charge is 0.492 e. The summed E-state index contributed by atoms with van der Waals surface area (Å²) < 4.78 is 5.73. The quantitative estimate of drug-likeness (QED) is 0.875. The van der Waals surface area contributed by atoms with E-state index in [2.05, 4.69) is 33.8 Å². The Balaban J connectivity index is 1.92. The second-order valence-electron chi connectivity index (χ2n) is 7.86. The van der Waals surface area contributed by atoms with E-state index in [1.165, 1.54) is 18.4 Å². The molecule has 0 spiro atoms. The Morgan fingerprint density at radius 3 is 2.65 bits per heavy atom. The number of rotatable bonds is 2. The minimum absolute atomic E-state index is 0.0518. The van der Waals surface area contributed by atoms with Crippen LogP contribution in [0.15, 0.2) is 18.2 Å². The summed E-state index contributed by atoms with van der Waals surface area (Å²) in [6.45, 7) is 9.71. The fraction of sp³-hybridized carbons (Fsp3) is 0.667. The third-order valence-corrected chi connectivity index (χ3v) is 5.38. The number of hydrogen-bond donors (Lipinski definition) is 1. The summed E-state index contributed by atoms with van der Waals surface area (Å²) in [5.74, 6) is 1.35. The van der Waals surface area contributed by atoms with Crippen LogP contribution in [-0.4, -0.2) is 11.7 Å². The second-order valence-corrected chi connectivity index (χ2v) is 7.86. The van der Waals surface area contributed by atoms with Crippen molar-refractivity contribution in [3.63, 3.8) is 0 Å². The molecule has 1 saturated carbocycles. The number of benzene rings is 1. The molecule has 1 heterocycles. The standard InChI is InChI=1S/C18H26O2/c1-17(2)9-5-6-13(17)16(19)12-7-8-15-14(10-12)18(3,4)11-20-15/h7-8,10,13,16,19H,5-6,9,11H2,1-4H3. The van der Waals surface area contributed by atoms with Crippen molar-refractivity contribution in [1.29, 1.82) is 0 Å². The van der Waals surface area contributed by atoms with Crippen LogP contribution in [-0.2, 0) is 5.41 Å². The maximum Gasteiger partial charge on any atom is 0.123 e. The van der Waals surface area contributed by atoms with Gasteiger partial charge in [0.15, 0.2) is 0 Å². The molecule has 0 amide bonds. The van der Waals surface area contributed by atoms with Crippen molar-refractivity contribution in [2.24, 2.45) is 11.3 Å². The zero-order valence-corrected chi connectivity index (χ0v) is 13.1. The molecule has 0 radical (unpaired) electrons. The van der Waals surface area contributed by atoms with Crippen molar-refractivity contribution in [2.45, 2.75) is 58.5 Å². The SMILES string of the molecule is CC1(C)COc2ccc(C(O)C3CCCC3(C)C)cc21. The van der Waals surface area contributed by atoms with Crippen LogP contribution < -0.4 is 4.74 Å². The van der Waals surface area contributed by atoms with Crippen molar-refractivity contribution in [2.75, 3.05) is 6.61 Å². The maximum atomic E-state index is 10.8. The van der Waals surface area contributed by atoms with Crippen LogP contribution in [0.1, 0.15) is 64.2 Å². The lowest BCUT2D eigenvalue weighted by Gasteiger charge is -2.31. The van der Waals surface area contributed by atoms with Gasteiger partial charge in [0.2, 0.25) is 0 Å². The van der Waals surface area contributed by atoms with Crippen molar-refractivity contribution < 1.29 is 9.84 Å². The molecular weight excluding hydrogens is 248 g/mol. The van der Waals surface area contributed by atoms with Gasteiger partial charge in [-0.2, -0.15) is 0 Å². The number of hydrogen-bond acceptors (Lipinski definition) is 2. The first-order valence-electron chi connectivity index (χ1n) is 7.77. The molecule has 2 atom stereocenters. The van der Waals surface area contributed by atoms with Gasteiger partial charge in [-0.05, 0) is 41.9 Å². The van der Waals surface area contributed by atoms with E-state index in [4.69, 9.17) is 4.74 Å². The van der Waals surface area contributed by atoms with Gasteiger partial charge in [-0.1, -0.05) is 40.2 Å². The topological polar surface area (TPSA) is 29.5 Å². The van der Waals surface area contributed by atoms with E-state index in [1.54, 1.807) is 0 Å². The highest BCUT2D eigenvalue weighted by Crippen LogP contribution is 2.49. The first-order chi connectivity index (χ1) is 9.31. The van der Waals surface area contributed by atoms with E-state index < -0.39 is 0 Å². The summed E-state index contributed by atoms with van der Waals surface area (Å²) in [5.41, 5.74) is 2.59. The van der Waals surface area contributed by atoms with Crippen LogP contribution >= 0.6 is 0 Å². The zero-order valence-electron chi connectivity index (χ0n) is 13.1. The van der Waals surface area contributed by atoms with Crippen LogP contribution in [0.5, 0.6) is 5.75 Å². The molecule has 1 aliphatic carbocycles. The molecule has 0 saturated heterocycles. The second kappa shape index (κ2) is 4.49. The Labute approximate surface area is 122 Å². The van der Waals surface area contributed by atoms with Gasteiger partial charge in [0.1, 0.15) is 5.75 Å². The summed E-state index contributed by atoms with van der Waals surface area (Å²) in [6, 6.07) is 6.24. The molecule has 2 heteroatoms. The van der Waals surface area contributed by atoms with E-state index in [9.17, 15) is 5.11 Å². The Bertz CT molecular complexity index is 516. The first kappa shape index (κ1) is 13.9. The minimum atomic E-state index is -0.353. The lowest BCUT2D eigenvalue weighted by molar-refractivity contribution is 0.0531. The molecule has 1 fully saturated rings. The molecule has 0 bridgehead atoms. The highest BCUT2D eigenvalue weighted by Gasteiger charge is 2.40. The van der Waals surface area contributed by atoms with E-state index in [0.29, 0.717) is 5.92 Å². The molecule has 1 aromatic rings. The summed E-state index contributed by atoms with van der Waals surface area (Å²) in [4.78, 5) is 0. The minimum Gasteiger partial charge on any atom is -0.492 e. The van der Waals surface area contributed by atoms with Crippen LogP contribution in [0.25, 0.3) is 0 Å². The average Bonchev–Trinajstić information content (AvgIpc) is 2.88. The van der Waals surface area contributed by atoms with Gasteiger partial charge in [-0.3, -0.25) is 0 Å². The van der Waals surface area contributed by atoms with Crippen LogP contribution in [0.3, 0.4) is 0 Å². The predicted molar refractivity (Wildman–Crippen MR) is 81.0 cm³/mol. The number of aliphatic hydroxyl groups is 1. The van der Waals surface area contributed by atoms with Gasteiger partial charge < -0.3 is 9.84 Å². The fourth-order valence-electron chi connectivity index (χ4n) is 3.89. The highest BCUT2D eigenvalue weighted by atomic mass is 16.5. The molecule has 3 rings (SSSR count). The summed E-state index contributed by atoms with van der Waals surface area (Å²) in [5, 5.41) is 10.8. The molecule has 1 N–H and O–H groups in total. The molecule has 0 aromatic heterocycles. The van der Waals surface area contributed by atoms with Crippen molar-refractivity contribution in [3.05, 3.63) is 29.3 Å². The van der Waals surface area contributed by atoms with Gasteiger partial charge >= 0.3 is 0 Å². The molecule has 110 valence electrons.